The van der Waals surface area contributed by atoms with Crippen molar-refractivity contribution in [2.24, 2.45) is 10.9 Å². The van der Waals surface area contributed by atoms with E-state index in [2.05, 4.69) is 27.9 Å². The average Bonchev–Trinajstić information content (AvgIpc) is 2.65. The number of carbonyl (C=O) groups is 1. The van der Waals surface area contributed by atoms with Gasteiger partial charge in [0.1, 0.15) is 0 Å². The molecule has 0 heterocycles. The molecular formula is C20H35IN4O2. The number of carbonyl (C=O) groups excluding carboxylic acids is 1. The minimum atomic E-state index is 0. The van der Waals surface area contributed by atoms with Crippen LogP contribution in [0.3, 0.4) is 0 Å². The Bertz CT molecular complexity index is 520. The van der Waals surface area contributed by atoms with Gasteiger partial charge in [-0.1, -0.05) is 43.7 Å². The zero-order valence-electron chi connectivity index (χ0n) is 16.5. The van der Waals surface area contributed by atoms with Crippen LogP contribution in [0.2, 0.25) is 0 Å². The van der Waals surface area contributed by atoms with Gasteiger partial charge < -0.3 is 21.1 Å². The number of hydrogen-bond donors (Lipinski definition) is 4. The Kier molecular flexibility index (Phi) is 16.0. The van der Waals surface area contributed by atoms with E-state index in [1.54, 1.807) is 0 Å². The molecule has 1 aromatic rings. The minimum absolute atomic E-state index is 0. The van der Waals surface area contributed by atoms with Gasteiger partial charge in [0.2, 0.25) is 5.91 Å². The van der Waals surface area contributed by atoms with Gasteiger partial charge in [0.05, 0.1) is 0 Å². The van der Waals surface area contributed by atoms with Gasteiger partial charge in [-0.2, -0.15) is 0 Å². The van der Waals surface area contributed by atoms with Gasteiger partial charge in [0.15, 0.2) is 5.96 Å². The molecule has 0 bridgehead atoms. The van der Waals surface area contributed by atoms with Gasteiger partial charge in [-0.25, -0.2) is 0 Å². The third-order valence-corrected chi connectivity index (χ3v) is 4.06. The highest BCUT2D eigenvalue weighted by Gasteiger charge is 2.08. The second kappa shape index (κ2) is 16.8. The number of halogens is 1. The Balaban J connectivity index is 0.00000676. The fourth-order valence-corrected chi connectivity index (χ4v) is 2.66. The van der Waals surface area contributed by atoms with Crippen LogP contribution >= 0.6 is 24.0 Å². The van der Waals surface area contributed by atoms with Crippen molar-refractivity contribution in [2.45, 2.75) is 46.1 Å². The predicted octanol–water partition coefficient (Wildman–Crippen LogP) is 2.66. The van der Waals surface area contributed by atoms with E-state index in [1.807, 2.05) is 37.3 Å². The number of rotatable bonds is 12. The molecule has 7 heteroatoms. The van der Waals surface area contributed by atoms with Gasteiger partial charge in [0, 0.05) is 39.2 Å². The first-order valence-electron chi connectivity index (χ1n) is 9.63. The van der Waals surface area contributed by atoms with Crippen molar-refractivity contribution in [2.75, 3.05) is 26.2 Å². The van der Waals surface area contributed by atoms with E-state index in [4.69, 9.17) is 5.11 Å². The van der Waals surface area contributed by atoms with Gasteiger partial charge in [-0.3, -0.25) is 9.79 Å². The Hall–Kier alpha value is -1.35. The SMILES string of the molecule is CCCC(CCO)CN=C(NCC)NCCC(=O)NCc1ccccc1.I. The van der Waals surface area contributed by atoms with Crippen LogP contribution in [0.15, 0.2) is 35.3 Å². The quantitative estimate of drug-likeness (QED) is 0.206. The molecule has 0 aliphatic carbocycles. The molecule has 1 unspecified atom stereocenters. The van der Waals surface area contributed by atoms with Crippen molar-refractivity contribution in [1.29, 1.82) is 0 Å². The van der Waals surface area contributed by atoms with E-state index in [9.17, 15) is 4.79 Å². The molecule has 0 saturated heterocycles. The van der Waals surface area contributed by atoms with E-state index < -0.39 is 0 Å². The van der Waals surface area contributed by atoms with Crippen LogP contribution in [0.4, 0.5) is 0 Å². The smallest absolute Gasteiger partial charge is 0.222 e. The Morgan fingerprint density at radius 3 is 2.48 bits per heavy atom. The summed E-state index contributed by atoms with van der Waals surface area (Å²) in [6.45, 7) is 6.89. The van der Waals surface area contributed by atoms with E-state index in [-0.39, 0.29) is 36.5 Å². The predicted molar refractivity (Wildman–Crippen MR) is 122 cm³/mol. The summed E-state index contributed by atoms with van der Waals surface area (Å²) in [6.07, 6.45) is 3.32. The summed E-state index contributed by atoms with van der Waals surface area (Å²) in [5.74, 6) is 1.14. The third kappa shape index (κ3) is 12.6. The summed E-state index contributed by atoms with van der Waals surface area (Å²) < 4.78 is 0. The normalized spacial score (nSPS) is 12.0. The fourth-order valence-electron chi connectivity index (χ4n) is 2.66. The van der Waals surface area contributed by atoms with Crippen LogP contribution < -0.4 is 16.0 Å². The average molecular weight is 490 g/mol. The Morgan fingerprint density at radius 2 is 1.85 bits per heavy atom. The molecule has 4 N–H and O–H groups in total. The van der Waals surface area contributed by atoms with Crippen LogP contribution in [-0.4, -0.2) is 43.2 Å². The topological polar surface area (TPSA) is 85.8 Å². The lowest BCUT2D eigenvalue weighted by molar-refractivity contribution is -0.121. The molecule has 1 amide bonds. The molecule has 0 spiro atoms. The molecule has 0 aliphatic rings. The molecule has 1 atom stereocenters. The minimum Gasteiger partial charge on any atom is -0.396 e. The van der Waals surface area contributed by atoms with Gasteiger partial charge in [0.25, 0.3) is 0 Å². The number of benzene rings is 1. The maximum absolute atomic E-state index is 12.0. The highest BCUT2D eigenvalue weighted by Crippen LogP contribution is 2.10. The van der Waals surface area contributed by atoms with Gasteiger partial charge >= 0.3 is 0 Å². The zero-order chi connectivity index (χ0) is 19.0. The first-order valence-corrected chi connectivity index (χ1v) is 9.63. The number of hydrogen-bond acceptors (Lipinski definition) is 3. The summed E-state index contributed by atoms with van der Waals surface area (Å²) in [4.78, 5) is 16.5. The number of aliphatic imine (C=N–C) groups is 1. The van der Waals surface area contributed by atoms with Crippen molar-refractivity contribution in [3.63, 3.8) is 0 Å². The van der Waals surface area contributed by atoms with Crippen LogP contribution in [0.5, 0.6) is 0 Å². The van der Waals surface area contributed by atoms with Crippen LogP contribution in [0.1, 0.15) is 45.1 Å². The standard InChI is InChI=1S/C20H34N4O2.HI/c1-3-8-17(12-14-25)16-24-20(21-4-2)22-13-11-19(26)23-15-18-9-6-5-7-10-18;/h5-7,9-10,17,25H,3-4,8,11-16H2,1-2H3,(H,23,26)(H2,21,22,24);1H. The fraction of sp³-hybridized carbons (Fsp3) is 0.600. The van der Waals surface area contributed by atoms with Crippen LogP contribution in [0, 0.1) is 5.92 Å². The molecule has 1 rings (SSSR count). The molecule has 0 radical (unpaired) electrons. The molecule has 1 aromatic carbocycles. The monoisotopic (exact) mass is 490 g/mol. The molecule has 6 nitrogen and oxygen atoms in total. The second-order valence-electron chi connectivity index (χ2n) is 6.33. The lowest BCUT2D eigenvalue weighted by Gasteiger charge is -2.15. The van der Waals surface area contributed by atoms with Gasteiger partial charge in [-0.15, -0.1) is 24.0 Å². The maximum Gasteiger partial charge on any atom is 0.222 e. The van der Waals surface area contributed by atoms with E-state index in [0.29, 0.717) is 32.0 Å². The number of nitrogens with zero attached hydrogens (tertiary/aromatic N) is 1. The number of aliphatic hydroxyl groups is 1. The summed E-state index contributed by atoms with van der Waals surface area (Å²) in [5, 5.41) is 18.5. The van der Waals surface area contributed by atoms with Crippen molar-refractivity contribution in [3.8, 4) is 0 Å². The number of nitrogens with one attached hydrogen (secondary N) is 3. The summed E-state index contributed by atoms with van der Waals surface area (Å²) >= 11 is 0. The summed E-state index contributed by atoms with van der Waals surface area (Å²) in [7, 11) is 0. The Labute approximate surface area is 180 Å². The van der Waals surface area contributed by atoms with Crippen molar-refractivity contribution in [1.82, 2.24) is 16.0 Å². The van der Waals surface area contributed by atoms with Gasteiger partial charge in [-0.05, 0) is 31.2 Å². The highest BCUT2D eigenvalue weighted by atomic mass is 127. The molecule has 0 saturated carbocycles. The van der Waals surface area contributed by atoms with Crippen LogP contribution in [-0.2, 0) is 11.3 Å². The van der Waals surface area contributed by atoms with Crippen LogP contribution in [0.25, 0.3) is 0 Å². The lowest BCUT2D eigenvalue weighted by atomic mass is 10.0. The van der Waals surface area contributed by atoms with Crippen molar-refractivity contribution in [3.05, 3.63) is 35.9 Å². The summed E-state index contributed by atoms with van der Waals surface area (Å²) in [6, 6.07) is 9.87. The third-order valence-electron chi connectivity index (χ3n) is 4.06. The van der Waals surface area contributed by atoms with E-state index in [1.165, 1.54) is 0 Å². The molecule has 0 aromatic heterocycles. The maximum atomic E-state index is 12.0. The van der Waals surface area contributed by atoms with E-state index >= 15 is 0 Å². The number of amides is 1. The van der Waals surface area contributed by atoms with Crippen molar-refractivity contribution < 1.29 is 9.90 Å². The first-order chi connectivity index (χ1) is 12.7. The highest BCUT2D eigenvalue weighted by molar-refractivity contribution is 14.0. The van der Waals surface area contributed by atoms with E-state index in [0.717, 1.165) is 37.3 Å². The molecule has 0 fully saturated rings. The molecule has 154 valence electrons. The Morgan fingerprint density at radius 1 is 1.11 bits per heavy atom. The van der Waals surface area contributed by atoms with Crippen molar-refractivity contribution >= 4 is 35.8 Å². The lowest BCUT2D eigenvalue weighted by Crippen LogP contribution is -2.39. The molecular weight excluding hydrogens is 455 g/mol. The zero-order valence-corrected chi connectivity index (χ0v) is 18.9. The first kappa shape index (κ1) is 25.6. The number of guanidine groups is 1. The number of aliphatic hydroxyl groups excluding tert-OH is 1. The second-order valence-corrected chi connectivity index (χ2v) is 6.33. The summed E-state index contributed by atoms with van der Waals surface area (Å²) in [5.41, 5.74) is 1.09. The largest absolute Gasteiger partial charge is 0.396 e. The molecule has 27 heavy (non-hydrogen) atoms. The molecule has 0 aliphatic heterocycles.